The van der Waals surface area contributed by atoms with E-state index in [-0.39, 0.29) is 0 Å². The van der Waals surface area contributed by atoms with Gasteiger partial charge in [0.2, 0.25) is 0 Å². The standard InChI is InChI=1S/C3H6FN/c4-3-1-5-2-3/h3,5H,1-2H2/i/hD. The number of hydrogen-bond donors (Lipinski definition) is 1. The fourth-order valence-electron chi connectivity index (χ4n) is 0.227. The Morgan fingerprint density at radius 1 is 2.00 bits per heavy atom. The number of hydrogen-bond acceptors (Lipinski definition) is 1. The zero-order valence-corrected chi connectivity index (χ0v) is 2.82. The summed E-state index contributed by atoms with van der Waals surface area (Å²) in [5.41, 5.74) is 0. The molecule has 0 spiro atoms. The molecule has 0 atom stereocenters. The molecule has 1 fully saturated rings. The third-order valence-corrected chi connectivity index (χ3v) is 0.654. The SMILES string of the molecule is [2H]N1CC(F)C1. The van der Waals surface area contributed by atoms with Gasteiger partial charge in [0.25, 0.3) is 0 Å². The Balaban J connectivity index is 2.11. The number of nitrogens with one attached hydrogen (secondary N) is 1. The van der Waals surface area contributed by atoms with Gasteiger partial charge in [0, 0.05) is 13.1 Å². The van der Waals surface area contributed by atoms with Crippen LogP contribution in [-0.2, 0) is 0 Å². The average Bonchev–Trinajstić information content (AvgIpc) is 1.33. The molecule has 5 heavy (non-hydrogen) atoms. The molecule has 30 valence electrons. The Labute approximate surface area is 31.6 Å². The second kappa shape index (κ2) is 0.937. The van der Waals surface area contributed by atoms with Gasteiger partial charge in [0.05, 0.1) is 0 Å². The first-order chi connectivity index (χ1) is 2.79. The summed E-state index contributed by atoms with van der Waals surface area (Å²) in [6.45, 7) is 0.611. The van der Waals surface area contributed by atoms with Crippen LogP contribution in [0.5, 0.6) is 0 Å². The molecule has 0 aromatic heterocycles. The average molecular weight is 76.1 g/mol. The monoisotopic (exact) mass is 76.1 g/mol. The van der Waals surface area contributed by atoms with Crippen molar-refractivity contribution in [3.8, 4) is 0 Å². The van der Waals surface area contributed by atoms with Gasteiger partial charge in [-0.1, -0.05) is 0 Å². The molecule has 1 rings (SSSR count). The first kappa shape index (κ1) is 2.13. The highest BCUT2D eigenvalue weighted by Gasteiger charge is 2.12. The smallest absolute Gasteiger partial charge is 0.125 e. The van der Waals surface area contributed by atoms with Crippen molar-refractivity contribution in [2.45, 2.75) is 6.17 Å². The maximum Gasteiger partial charge on any atom is 0.125 e. The maximum absolute atomic E-state index is 11.6. The van der Waals surface area contributed by atoms with E-state index >= 15 is 0 Å². The van der Waals surface area contributed by atoms with Crippen LogP contribution in [0.15, 0.2) is 0 Å². The molecule has 1 nitrogen and oxygen atoms in total. The highest BCUT2D eigenvalue weighted by molar-refractivity contribution is 4.71. The van der Waals surface area contributed by atoms with Gasteiger partial charge in [0.1, 0.15) is 7.58 Å². The molecular formula is C3H6FN. The van der Waals surface area contributed by atoms with Crippen LogP contribution in [0.2, 0.25) is 1.41 Å². The van der Waals surface area contributed by atoms with Gasteiger partial charge < -0.3 is 5.31 Å². The topological polar surface area (TPSA) is 12.0 Å². The minimum atomic E-state index is -0.720. The fraction of sp³-hybridized carbons (Fsp3) is 1.00. The van der Waals surface area contributed by atoms with Gasteiger partial charge in [0.15, 0.2) is 0 Å². The van der Waals surface area contributed by atoms with E-state index in [1.54, 1.807) is 0 Å². The van der Waals surface area contributed by atoms with E-state index in [1.807, 2.05) is 0 Å². The van der Waals surface area contributed by atoms with Crippen LogP contribution in [0.1, 0.15) is 0 Å². The van der Waals surface area contributed by atoms with Crippen molar-refractivity contribution in [2.24, 2.45) is 0 Å². The van der Waals surface area contributed by atoms with E-state index in [0.29, 0.717) is 13.1 Å². The minimum Gasteiger partial charge on any atom is -0.311 e. The number of rotatable bonds is 0. The lowest BCUT2D eigenvalue weighted by atomic mass is 10.3. The molecule has 1 N–H and O–H groups in total. The van der Waals surface area contributed by atoms with E-state index < -0.39 is 6.17 Å². The normalized spacial score (nSPS) is 32.6. The molecule has 0 radical (unpaired) electrons. The van der Waals surface area contributed by atoms with Gasteiger partial charge in [-0.05, 0) is 0 Å². The second-order valence-corrected chi connectivity index (χ2v) is 1.19. The molecule has 1 aliphatic rings. The molecule has 2 heteroatoms. The van der Waals surface area contributed by atoms with Crippen molar-refractivity contribution in [3.63, 3.8) is 0 Å². The summed E-state index contributed by atoms with van der Waals surface area (Å²) < 4.78 is 18.2. The predicted octanol–water partition coefficient (Wildman–Crippen LogP) is -0.0723. The molecule has 0 bridgehead atoms. The maximum atomic E-state index is 11.6. The molecule has 0 unspecified atom stereocenters. The van der Waals surface area contributed by atoms with Crippen molar-refractivity contribution in [1.29, 1.82) is 0 Å². The van der Waals surface area contributed by atoms with Crippen molar-refractivity contribution >= 4 is 0 Å². The van der Waals surface area contributed by atoms with Crippen LogP contribution < -0.4 is 5.31 Å². The second-order valence-electron chi connectivity index (χ2n) is 1.19. The van der Waals surface area contributed by atoms with Crippen LogP contribution in [-0.4, -0.2) is 19.3 Å². The van der Waals surface area contributed by atoms with Gasteiger partial charge >= 0.3 is 0 Å². The summed E-state index contributed by atoms with van der Waals surface area (Å²) in [5.74, 6) is 0. The number of halogens is 1. The summed E-state index contributed by atoms with van der Waals surface area (Å²) >= 11 is 0. The van der Waals surface area contributed by atoms with Gasteiger partial charge in [-0.3, -0.25) is 0 Å². The van der Waals surface area contributed by atoms with Crippen molar-refractivity contribution in [3.05, 3.63) is 0 Å². The molecule has 1 aliphatic heterocycles. The Morgan fingerprint density at radius 2 is 2.60 bits per heavy atom. The molecule has 0 aromatic carbocycles. The number of alkyl halides is 1. The quantitative estimate of drug-likeness (QED) is 0.426. The Hall–Kier alpha value is -0.110. The van der Waals surface area contributed by atoms with Crippen molar-refractivity contribution < 1.29 is 5.80 Å². The lowest BCUT2D eigenvalue weighted by Crippen LogP contribution is -2.43. The molecule has 0 aliphatic carbocycles. The van der Waals surface area contributed by atoms with E-state index in [2.05, 4.69) is 0 Å². The first-order valence-electron chi connectivity index (χ1n) is 2.11. The summed E-state index contributed by atoms with van der Waals surface area (Å²) in [6.07, 6.45) is -0.720. The van der Waals surface area contributed by atoms with Gasteiger partial charge in [-0.15, -0.1) is 0 Å². The highest BCUT2D eigenvalue weighted by atomic mass is 19.1. The minimum absolute atomic E-state index is 0.306. The zero-order chi connectivity index (χ0) is 4.57. The van der Waals surface area contributed by atoms with E-state index in [0.717, 1.165) is 0 Å². The molecule has 1 saturated heterocycles. The summed E-state index contributed by atoms with van der Waals surface area (Å²) in [7, 11) is 0. The lowest BCUT2D eigenvalue weighted by molar-refractivity contribution is 0.237. The lowest BCUT2D eigenvalue weighted by Gasteiger charge is -2.17. The third kappa shape index (κ3) is 0.401. The summed E-state index contributed by atoms with van der Waals surface area (Å²) in [6, 6.07) is 0. The van der Waals surface area contributed by atoms with Crippen molar-refractivity contribution in [1.82, 2.24) is 5.31 Å². The summed E-state index contributed by atoms with van der Waals surface area (Å²) in [4.78, 5) is 0. The van der Waals surface area contributed by atoms with Crippen LogP contribution >= 0.6 is 0 Å². The van der Waals surface area contributed by atoms with Crippen LogP contribution in [0.25, 0.3) is 0 Å². The van der Waals surface area contributed by atoms with Crippen LogP contribution in [0, 0.1) is 0 Å². The van der Waals surface area contributed by atoms with E-state index in [1.165, 1.54) is 5.31 Å². The Bertz CT molecular complexity index is 46.8. The summed E-state index contributed by atoms with van der Waals surface area (Å²) in [5, 5.41) is 1.20. The predicted molar refractivity (Wildman–Crippen MR) is 17.8 cm³/mol. The third-order valence-electron chi connectivity index (χ3n) is 0.654. The van der Waals surface area contributed by atoms with Gasteiger partial charge in [-0.25, -0.2) is 4.39 Å². The Morgan fingerprint density at radius 3 is 2.60 bits per heavy atom. The van der Waals surface area contributed by atoms with E-state index in [9.17, 15) is 4.39 Å². The van der Waals surface area contributed by atoms with Crippen LogP contribution in [0.3, 0.4) is 0 Å². The largest absolute Gasteiger partial charge is 0.311 e. The first-order valence-corrected chi connectivity index (χ1v) is 1.67. The highest BCUT2D eigenvalue weighted by Crippen LogP contribution is 1.92. The van der Waals surface area contributed by atoms with E-state index in [4.69, 9.17) is 1.41 Å². The zero-order valence-electron chi connectivity index (χ0n) is 3.82. The van der Waals surface area contributed by atoms with Crippen LogP contribution in [0.4, 0.5) is 4.39 Å². The van der Waals surface area contributed by atoms with Crippen molar-refractivity contribution in [2.75, 3.05) is 13.1 Å². The molecule has 0 saturated carbocycles. The molecule has 0 amide bonds. The molecule has 0 aromatic rings. The fourth-order valence-corrected chi connectivity index (χ4v) is 0.227. The molecular weight excluding hydrogens is 69.0 g/mol. The van der Waals surface area contributed by atoms with Gasteiger partial charge in [-0.2, -0.15) is 0 Å². The molecule has 1 heterocycles. The Kier molecular flexibility index (Phi) is 0.400.